The average Bonchev–Trinajstić information content (AvgIpc) is 3.34. The minimum absolute atomic E-state index is 0.0209. The first kappa shape index (κ1) is 25.0. The highest BCUT2D eigenvalue weighted by molar-refractivity contribution is 9.10. The van der Waals surface area contributed by atoms with Crippen molar-refractivity contribution >= 4 is 50.8 Å². The fourth-order valence-corrected chi connectivity index (χ4v) is 6.11. The van der Waals surface area contributed by atoms with Gasteiger partial charge in [-0.3, -0.25) is 0 Å². The number of fused-ring (bicyclic) bond motifs is 3. The minimum atomic E-state index is -0.904. The van der Waals surface area contributed by atoms with Crippen LogP contribution in [0.2, 0.25) is 10.0 Å². The number of anilines is 1. The Kier molecular flexibility index (Phi) is 6.95. The van der Waals surface area contributed by atoms with Crippen LogP contribution >= 0.6 is 39.1 Å². The van der Waals surface area contributed by atoms with E-state index in [2.05, 4.69) is 33.4 Å². The van der Waals surface area contributed by atoms with Crippen LogP contribution in [-0.4, -0.2) is 18.2 Å². The van der Waals surface area contributed by atoms with Gasteiger partial charge in [-0.1, -0.05) is 47.5 Å². The summed E-state index contributed by atoms with van der Waals surface area (Å²) in [6, 6.07) is 13.0. The molecule has 0 unspecified atom stereocenters. The highest BCUT2D eigenvalue weighted by Gasteiger charge is 2.41. The third-order valence-corrected chi connectivity index (χ3v) is 8.26. The second-order valence-corrected chi connectivity index (χ2v) is 10.7. The highest BCUT2D eigenvalue weighted by atomic mass is 79.9. The molecule has 5 nitrogen and oxygen atoms in total. The molecule has 2 aliphatic rings. The summed E-state index contributed by atoms with van der Waals surface area (Å²) in [6.45, 7) is 2.30. The van der Waals surface area contributed by atoms with Crippen LogP contribution in [0.15, 0.2) is 59.1 Å². The molecule has 186 valence electrons. The Morgan fingerprint density at radius 1 is 1.17 bits per heavy atom. The van der Waals surface area contributed by atoms with Crippen molar-refractivity contribution in [3.63, 3.8) is 0 Å². The van der Waals surface area contributed by atoms with Crippen molar-refractivity contribution in [1.29, 1.82) is 0 Å². The molecule has 3 aromatic carbocycles. The molecule has 0 bridgehead atoms. The normalized spacial score (nSPS) is 19.9. The van der Waals surface area contributed by atoms with Crippen LogP contribution in [0.3, 0.4) is 0 Å². The number of rotatable bonds is 6. The molecule has 0 saturated heterocycles. The molecule has 3 atom stereocenters. The van der Waals surface area contributed by atoms with Crippen LogP contribution in [0, 0.1) is 12.8 Å². The lowest BCUT2D eigenvalue weighted by molar-refractivity contribution is 0.0695. The van der Waals surface area contributed by atoms with E-state index in [1.165, 1.54) is 0 Å². The molecule has 0 amide bonds. The summed E-state index contributed by atoms with van der Waals surface area (Å²) in [5.41, 5.74) is 5.05. The van der Waals surface area contributed by atoms with Gasteiger partial charge in [0.15, 0.2) is 11.5 Å². The summed E-state index contributed by atoms with van der Waals surface area (Å²) >= 11 is 15.9. The van der Waals surface area contributed by atoms with Crippen LogP contribution in [0.1, 0.15) is 51.0 Å². The minimum Gasteiger partial charge on any atom is -0.493 e. The Bertz CT molecular complexity index is 1390. The number of hydrogen-bond donors (Lipinski definition) is 2. The SMILES string of the molecule is COc1cc([C@@H]2Nc3c(C)ccc(C(=O)O)c3[C@H]3C=CC[C@H]32)cc(Br)c1OCc1ccc(Cl)c(Cl)c1. The van der Waals surface area contributed by atoms with Crippen molar-refractivity contribution in [3.05, 3.63) is 97.0 Å². The Hall–Kier alpha value is -2.67. The van der Waals surface area contributed by atoms with Crippen LogP contribution < -0.4 is 14.8 Å². The largest absolute Gasteiger partial charge is 0.493 e. The van der Waals surface area contributed by atoms with Crippen LogP contribution in [-0.2, 0) is 6.61 Å². The number of halogens is 3. The number of carboxylic acid groups (broad SMARTS) is 1. The number of aromatic carboxylic acids is 1. The van der Waals surface area contributed by atoms with E-state index in [1.54, 1.807) is 25.3 Å². The summed E-state index contributed by atoms with van der Waals surface area (Å²) in [5, 5.41) is 14.5. The smallest absolute Gasteiger partial charge is 0.336 e. The zero-order valence-electron chi connectivity index (χ0n) is 19.6. The van der Waals surface area contributed by atoms with Gasteiger partial charge in [-0.15, -0.1) is 0 Å². The fraction of sp³-hybridized carbons (Fsp3) is 0.250. The van der Waals surface area contributed by atoms with Crippen molar-refractivity contribution in [2.75, 3.05) is 12.4 Å². The van der Waals surface area contributed by atoms with Gasteiger partial charge in [-0.05, 0) is 87.8 Å². The first-order valence-corrected chi connectivity index (χ1v) is 13.1. The molecule has 0 aromatic heterocycles. The zero-order chi connectivity index (χ0) is 25.6. The summed E-state index contributed by atoms with van der Waals surface area (Å²) in [4.78, 5) is 12.0. The van der Waals surface area contributed by atoms with Gasteiger partial charge in [0.05, 0.1) is 33.2 Å². The van der Waals surface area contributed by atoms with E-state index in [4.69, 9.17) is 32.7 Å². The van der Waals surface area contributed by atoms with Crippen molar-refractivity contribution < 1.29 is 19.4 Å². The van der Waals surface area contributed by atoms with Gasteiger partial charge < -0.3 is 19.9 Å². The average molecular weight is 589 g/mol. The predicted molar refractivity (Wildman–Crippen MR) is 146 cm³/mol. The van der Waals surface area contributed by atoms with Gasteiger partial charge in [0.1, 0.15) is 6.61 Å². The van der Waals surface area contributed by atoms with Gasteiger partial charge in [0.25, 0.3) is 0 Å². The monoisotopic (exact) mass is 587 g/mol. The van der Waals surface area contributed by atoms with Crippen LogP contribution in [0.25, 0.3) is 0 Å². The second kappa shape index (κ2) is 10.0. The molecule has 0 saturated carbocycles. The summed E-state index contributed by atoms with van der Waals surface area (Å²) < 4.78 is 12.6. The Labute approximate surface area is 228 Å². The maximum Gasteiger partial charge on any atom is 0.336 e. The lowest BCUT2D eigenvalue weighted by Gasteiger charge is -2.39. The molecule has 8 heteroatoms. The first-order chi connectivity index (χ1) is 17.3. The van der Waals surface area contributed by atoms with Gasteiger partial charge >= 0.3 is 5.97 Å². The lowest BCUT2D eigenvalue weighted by Crippen LogP contribution is -2.31. The van der Waals surface area contributed by atoms with Crippen molar-refractivity contribution in [2.45, 2.75) is 31.9 Å². The van der Waals surface area contributed by atoms with E-state index in [1.807, 2.05) is 31.2 Å². The van der Waals surface area contributed by atoms with Gasteiger partial charge in [-0.25, -0.2) is 4.79 Å². The topological polar surface area (TPSA) is 67.8 Å². The van der Waals surface area contributed by atoms with Gasteiger partial charge in [0.2, 0.25) is 0 Å². The Morgan fingerprint density at radius 2 is 1.97 bits per heavy atom. The van der Waals surface area contributed by atoms with Crippen LogP contribution in [0.4, 0.5) is 5.69 Å². The third-order valence-electron chi connectivity index (χ3n) is 6.94. The zero-order valence-corrected chi connectivity index (χ0v) is 22.7. The van der Waals surface area contributed by atoms with Crippen molar-refractivity contribution in [2.24, 2.45) is 5.92 Å². The maximum absolute atomic E-state index is 12.0. The number of ether oxygens (including phenoxy) is 2. The molecular weight excluding hydrogens is 565 g/mol. The molecule has 1 aliphatic carbocycles. The van der Waals surface area contributed by atoms with E-state index >= 15 is 0 Å². The number of hydrogen-bond acceptors (Lipinski definition) is 4. The van der Waals surface area contributed by atoms with Crippen molar-refractivity contribution in [3.8, 4) is 11.5 Å². The van der Waals surface area contributed by atoms with Gasteiger partial charge in [0, 0.05) is 11.6 Å². The van der Waals surface area contributed by atoms with Gasteiger partial charge in [-0.2, -0.15) is 0 Å². The lowest BCUT2D eigenvalue weighted by atomic mass is 9.74. The molecule has 36 heavy (non-hydrogen) atoms. The molecule has 1 aliphatic heterocycles. The number of aryl methyl sites for hydroxylation is 1. The van der Waals surface area contributed by atoms with E-state index in [9.17, 15) is 9.90 Å². The van der Waals surface area contributed by atoms with E-state index in [0.29, 0.717) is 33.7 Å². The Balaban J connectivity index is 1.49. The van der Waals surface area contributed by atoms with E-state index < -0.39 is 5.97 Å². The fourth-order valence-electron chi connectivity index (χ4n) is 5.22. The van der Waals surface area contributed by atoms with Crippen LogP contribution in [0.5, 0.6) is 11.5 Å². The number of methoxy groups -OCH3 is 1. The van der Waals surface area contributed by atoms with Crippen molar-refractivity contribution in [1.82, 2.24) is 0 Å². The molecule has 0 fully saturated rings. The molecule has 0 radical (unpaired) electrons. The molecule has 5 rings (SSSR count). The molecule has 1 heterocycles. The number of allylic oxidation sites excluding steroid dienone is 2. The summed E-state index contributed by atoms with van der Waals surface area (Å²) in [5.74, 6) is 0.488. The number of benzene rings is 3. The predicted octanol–water partition coefficient (Wildman–Crippen LogP) is 8.18. The molecular formula is C28H24BrCl2NO4. The standard InChI is InChI=1S/C28H24BrCl2NO4/c1-14-6-8-19(28(33)34)24-17-4-3-5-18(17)26(32-25(14)24)16-11-20(29)27(23(12-16)35-2)36-13-15-7-9-21(30)22(31)10-15/h3-4,6-12,17-18,26,32H,5,13H2,1-2H3,(H,33,34)/t17-,18+,26-/m0/s1. The Morgan fingerprint density at radius 3 is 2.69 bits per heavy atom. The molecule has 2 N–H and O–H groups in total. The summed E-state index contributed by atoms with van der Waals surface area (Å²) in [6.07, 6.45) is 5.14. The molecule has 3 aromatic rings. The van der Waals surface area contributed by atoms with E-state index in [-0.39, 0.29) is 17.9 Å². The second-order valence-electron chi connectivity index (χ2n) is 9.07. The quantitative estimate of drug-likeness (QED) is 0.284. The highest BCUT2D eigenvalue weighted by Crippen LogP contribution is 2.53. The number of carbonyl (C=O) groups is 1. The molecule has 0 spiro atoms. The summed E-state index contributed by atoms with van der Waals surface area (Å²) in [7, 11) is 1.62. The maximum atomic E-state index is 12.0. The van der Waals surface area contributed by atoms with E-state index in [0.717, 1.165) is 38.8 Å². The number of carboxylic acids is 1. The third kappa shape index (κ3) is 4.47. The number of nitrogens with one attached hydrogen (secondary N) is 1. The first-order valence-electron chi connectivity index (χ1n) is 11.5.